The van der Waals surface area contributed by atoms with E-state index in [4.69, 9.17) is 0 Å². The van der Waals surface area contributed by atoms with Gasteiger partial charge in [0.05, 0.1) is 0 Å². The molecule has 1 aliphatic rings. The first kappa shape index (κ1) is 9.38. The zero-order chi connectivity index (χ0) is 10.1. The molecule has 14 heavy (non-hydrogen) atoms. The van der Waals surface area contributed by atoms with Crippen molar-refractivity contribution in [2.24, 2.45) is 0 Å². The molecule has 0 saturated heterocycles. The summed E-state index contributed by atoms with van der Waals surface area (Å²) in [7, 11) is 0. The second-order valence-electron chi connectivity index (χ2n) is 3.84. The molecular weight excluding hydrogens is 179 g/mol. The van der Waals surface area contributed by atoms with E-state index in [1.54, 1.807) is 6.07 Å². The van der Waals surface area contributed by atoms with E-state index < -0.39 is 6.17 Å². The maximum absolute atomic E-state index is 13.2. The van der Waals surface area contributed by atoms with Crippen LogP contribution in [0.1, 0.15) is 41.6 Å². The van der Waals surface area contributed by atoms with Crippen LogP contribution < -0.4 is 0 Å². The van der Waals surface area contributed by atoms with Crippen molar-refractivity contribution < 1.29 is 9.18 Å². The van der Waals surface area contributed by atoms with Gasteiger partial charge in [0, 0.05) is 11.5 Å². The Morgan fingerprint density at radius 2 is 2.07 bits per heavy atom. The number of halogens is 1. The summed E-state index contributed by atoms with van der Waals surface area (Å²) < 4.78 is 13.2. The zero-order valence-electron chi connectivity index (χ0n) is 8.16. The number of carbonyl (C=O) groups excluding carboxylic acids is 1. The highest BCUT2D eigenvalue weighted by atomic mass is 19.1. The van der Waals surface area contributed by atoms with E-state index in [0.717, 1.165) is 12.0 Å². The lowest BCUT2D eigenvalue weighted by Gasteiger charge is -2.31. The van der Waals surface area contributed by atoms with Crippen molar-refractivity contribution in [2.75, 3.05) is 0 Å². The molecule has 0 aromatic heterocycles. The summed E-state index contributed by atoms with van der Waals surface area (Å²) in [5, 5.41) is 0. The van der Waals surface area contributed by atoms with Crippen LogP contribution in [0.3, 0.4) is 0 Å². The Hall–Kier alpha value is -1.18. The molecule has 0 bridgehead atoms. The predicted octanol–water partition coefficient (Wildman–Crippen LogP) is 3.10. The first-order valence-electron chi connectivity index (χ1n) is 4.94. The molecule has 1 saturated carbocycles. The predicted molar refractivity (Wildman–Crippen MR) is 53.3 cm³/mol. The van der Waals surface area contributed by atoms with E-state index in [2.05, 4.69) is 0 Å². The summed E-state index contributed by atoms with van der Waals surface area (Å²) in [6.45, 7) is 1.53. The lowest BCUT2D eigenvalue weighted by atomic mass is 9.76. The minimum atomic E-state index is -0.754. The largest absolute Gasteiger partial charge is 0.295 e. The Bertz CT molecular complexity index is 359. The molecule has 1 aromatic rings. The third kappa shape index (κ3) is 1.45. The number of rotatable bonds is 2. The molecular formula is C12H13FO. The van der Waals surface area contributed by atoms with Crippen LogP contribution in [-0.4, -0.2) is 12.0 Å². The summed E-state index contributed by atoms with van der Waals surface area (Å²) in [4.78, 5) is 11.3. The number of hydrogen-bond donors (Lipinski definition) is 0. The van der Waals surface area contributed by atoms with Gasteiger partial charge in [-0.15, -0.1) is 0 Å². The molecule has 1 nitrogen and oxygen atoms in total. The van der Waals surface area contributed by atoms with Crippen LogP contribution in [0.5, 0.6) is 0 Å². The molecule has 0 heterocycles. The monoisotopic (exact) mass is 192 g/mol. The van der Waals surface area contributed by atoms with Gasteiger partial charge >= 0.3 is 0 Å². The van der Waals surface area contributed by atoms with Gasteiger partial charge in [-0.2, -0.15) is 0 Å². The van der Waals surface area contributed by atoms with Crippen LogP contribution in [0.4, 0.5) is 4.39 Å². The van der Waals surface area contributed by atoms with Gasteiger partial charge in [-0.25, -0.2) is 4.39 Å². The second-order valence-corrected chi connectivity index (χ2v) is 3.84. The van der Waals surface area contributed by atoms with Crippen molar-refractivity contribution >= 4 is 5.78 Å². The molecule has 2 rings (SSSR count). The van der Waals surface area contributed by atoms with Crippen LogP contribution >= 0.6 is 0 Å². The molecule has 0 radical (unpaired) electrons. The lowest BCUT2D eigenvalue weighted by molar-refractivity contribution is 0.101. The van der Waals surface area contributed by atoms with E-state index in [1.807, 2.05) is 18.2 Å². The van der Waals surface area contributed by atoms with Gasteiger partial charge in [-0.3, -0.25) is 4.79 Å². The molecule has 1 fully saturated rings. The van der Waals surface area contributed by atoms with Crippen LogP contribution in [0, 0.1) is 0 Å². The molecule has 0 N–H and O–H groups in total. The molecule has 0 amide bonds. The highest BCUT2D eigenvalue weighted by Gasteiger charge is 2.33. The van der Waals surface area contributed by atoms with Crippen molar-refractivity contribution in [1.82, 2.24) is 0 Å². The van der Waals surface area contributed by atoms with E-state index >= 15 is 0 Å². The van der Waals surface area contributed by atoms with Crippen molar-refractivity contribution in [3.05, 3.63) is 35.4 Å². The Morgan fingerprint density at radius 1 is 1.36 bits per heavy atom. The van der Waals surface area contributed by atoms with Crippen LogP contribution in [0.25, 0.3) is 0 Å². The maximum Gasteiger partial charge on any atom is 0.160 e. The molecule has 1 aromatic carbocycles. The highest BCUT2D eigenvalue weighted by molar-refractivity contribution is 5.95. The molecule has 2 unspecified atom stereocenters. The smallest absolute Gasteiger partial charge is 0.160 e. The summed E-state index contributed by atoms with van der Waals surface area (Å²) in [6, 6.07) is 7.34. The summed E-state index contributed by atoms with van der Waals surface area (Å²) in [5.74, 6) is -0.0187. The number of ketones is 1. The Labute approximate surface area is 82.9 Å². The number of Topliss-reactive ketones (excluding diaryl/α,β-unsaturated/α-hetero) is 1. The number of carbonyl (C=O) groups is 1. The van der Waals surface area contributed by atoms with Crippen molar-refractivity contribution in [1.29, 1.82) is 0 Å². The first-order chi connectivity index (χ1) is 6.70. The van der Waals surface area contributed by atoms with E-state index in [1.165, 1.54) is 6.92 Å². The van der Waals surface area contributed by atoms with E-state index in [0.29, 0.717) is 12.0 Å². The number of benzene rings is 1. The van der Waals surface area contributed by atoms with Gasteiger partial charge in [0.1, 0.15) is 6.17 Å². The fourth-order valence-corrected chi connectivity index (χ4v) is 1.95. The standard InChI is InChI=1S/C12H13FO/c1-8(14)9-4-2-3-5-10(9)11-6-7-12(11)13/h2-5,11-12H,6-7H2,1H3. The molecule has 2 atom stereocenters. The van der Waals surface area contributed by atoms with Crippen LogP contribution in [0.2, 0.25) is 0 Å². The van der Waals surface area contributed by atoms with Gasteiger partial charge in [0.15, 0.2) is 5.78 Å². The topological polar surface area (TPSA) is 17.1 Å². The van der Waals surface area contributed by atoms with Gasteiger partial charge < -0.3 is 0 Å². The second kappa shape index (κ2) is 3.52. The summed E-state index contributed by atoms with van der Waals surface area (Å²) >= 11 is 0. The van der Waals surface area contributed by atoms with Crippen molar-refractivity contribution in [3.63, 3.8) is 0 Å². The highest BCUT2D eigenvalue weighted by Crippen LogP contribution is 2.40. The van der Waals surface area contributed by atoms with Gasteiger partial charge in [-0.1, -0.05) is 24.3 Å². The van der Waals surface area contributed by atoms with E-state index in [9.17, 15) is 9.18 Å². The van der Waals surface area contributed by atoms with Crippen LogP contribution in [-0.2, 0) is 0 Å². The van der Waals surface area contributed by atoms with Crippen molar-refractivity contribution in [3.8, 4) is 0 Å². The average molecular weight is 192 g/mol. The van der Waals surface area contributed by atoms with Crippen molar-refractivity contribution in [2.45, 2.75) is 31.9 Å². The quantitative estimate of drug-likeness (QED) is 0.658. The molecule has 0 spiro atoms. The SMILES string of the molecule is CC(=O)c1ccccc1C1CCC1F. The fraction of sp³-hybridized carbons (Fsp3) is 0.417. The zero-order valence-corrected chi connectivity index (χ0v) is 8.16. The maximum atomic E-state index is 13.2. The third-order valence-corrected chi connectivity index (χ3v) is 2.93. The minimum Gasteiger partial charge on any atom is -0.295 e. The van der Waals surface area contributed by atoms with Gasteiger partial charge in [0.2, 0.25) is 0 Å². The van der Waals surface area contributed by atoms with Crippen LogP contribution in [0.15, 0.2) is 24.3 Å². The number of hydrogen-bond acceptors (Lipinski definition) is 1. The molecule has 2 heteroatoms. The minimum absolute atomic E-state index is 0.0275. The van der Waals surface area contributed by atoms with Gasteiger partial charge in [0.25, 0.3) is 0 Å². The third-order valence-electron chi connectivity index (χ3n) is 2.93. The molecule has 74 valence electrons. The summed E-state index contributed by atoms with van der Waals surface area (Å²) in [6.07, 6.45) is 0.748. The fourth-order valence-electron chi connectivity index (χ4n) is 1.95. The Morgan fingerprint density at radius 3 is 2.57 bits per heavy atom. The normalized spacial score (nSPS) is 25.6. The number of alkyl halides is 1. The molecule has 1 aliphatic carbocycles. The lowest BCUT2D eigenvalue weighted by Crippen LogP contribution is -2.26. The first-order valence-corrected chi connectivity index (χ1v) is 4.94. The molecule has 0 aliphatic heterocycles. The Balaban J connectivity index is 2.36. The van der Waals surface area contributed by atoms with Gasteiger partial charge in [-0.05, 0) is 25.3 Å². The Kier molecular flexibility index (Phi) is 2.36. The average Bonchev–Trinajstić information content (AvgIpc) is 2.16. The summed E-state index contributed by atoms with van der Waals surface area (Å²) in [5.41, 5.74) is 1.57. The van der Waals surface area contributed by atoms with E-state index in [-0.39, 0.29) is 11.7 Å².